The fourth-order valence-corrected chi connectivity index (χ4v) is 1.87. The highest BCUT2D eigenvalue weighted by Gasteiger charge is 2.23. The zero-order valence-electron chi connectivity index (χ0n) is 11.3. The minimum absolute atomic E-state index is 0.0358. The van der Waals surface area contributed by atoms with Crippen molar-refractivity contribution in [1.29, 1.82) is 0 Å². The Kier molecular flexibility index (Phi) is 3.74. The molecular formula is C14H18N2O3. The van der Waals surface area contributed by atoms with E-state index in [2.05, 4.69) is 10.6 Å². The number of carbonyl (C=O) groups is 2. The normalized spacial score (nSPS) is 17.5. The van der Waals surface area contributed by atoms with Crippen LogP contribution < -0.4 is 15.4 Å². The minimum atomic E-state index is -0.492. The smallest absolute Gasteiger partial charge is 0.265 e. The fourth-order valence-electron chi connectivity index (χ4n) is 1.87. The summed E-state index contributed by atoms with van der Waals surface area (Å²) in [5.41, 5.74) is 1.24. The van der Waals surface area contributed by atoms with Crippen LogP contribution >= 0.6 is 0 Å². The molecule has 0 unspecified atom stereocenters. The summed E-state index contributed by atoms with van der Waals surface area (Å²) in [6.07, 6.45) is -0.0226. The van der Waals surface area contributed by atoms with Crippen LogP contribution in [0.2, 0.25) is 0 Å². The molecule has 0 fully saturated rings. The molecule has 0 saturated heterocycles. The molecule has 5 heteroatoms. The van der Waals surface area contributed by atoms with Gasteiger partial charge in [0.25, 0.3) is 5.91 Å². The SMILES string of the molecule is CC(C)CC(=O)Nc1ccc2c(c1)NC(=O)[C@H](C)O2. The number of benzene rings is 1. The number of carbonyl (C=O) groups excluding carboxylic acids is 2. The van der Waals surface area contributed by atoms with E-state index in [1.54, 1.807) is 25.1 Å². The third kappa shape index (κ3) is 3.24. The molecule has 5 nitrogen and oxygen atoms in total. The summed E-state index contributed by atoms with van der Waals surface area (Å²) in [5, 5.41) is 5.55. The van der Waals surface area contributed by atoms with E-state index in [0.717, 1.165) is 0 Å². The summed E-state index contributed by atoms with van der Waals surface area (Å²) in [4.78, 5) is 23.2. The van der Waals surface area contributed by atoms with Crippen molar-refractivity contribution in [3.63, 3.8) is 0 Å². The maximum absolute atomic E-state index is 11.7. The number of amides is 2. The van der Waals surface area contributed by atoms with Gasteiger partial charge in [-0.25, -0.2) is 0 Å². The van der Waals surface area contributed by atoms with Crippen molar-refractivity contribution in [3.05, 3.63) is 18.2 Å². The largest absolute Gasteiger partial charge is 0.479 e. The van der Waals surface area contributed by atoms with E-state index in [1.807, 2.05) is 13.8 Å². The Morgan fingerprint density at radius 1 is 1.47 bits per heavy atom. The zero-order chi connectivity index (χ0) is 14.0. The van der Waals surface area contributed by atoms with Gasteiger partial charge in [0.2, 0.25) is 5.91 Å². The van der Waals surface area contributed by atoms with Crippen LogP contribution in [0.5, 0.6) is 5.75 Å². The summed E-state index contributed by atoms with van der Waals surface area (Å²) in [7, 11) is 0. The first-order valence-electron chi connectivity index (χ1n) is 6.37. The lowest BCUT2D eigenvalue weighted by Gasteiger charge is -2.23. The second kappa shape index (κ2) is 5.30. The van der Waals surface area contributed by atoms with E-state index in [1.165, 1.54) is 0 Å². The lowest BCUT2D eigenvalue weighted by molar-refractivity contribution is -0.122. The third-order valence-electron chi connectivity index (χ3n) is 2.79. The van der Waals surface area contributed by atoms with Crippen molar-refractivity contribution >= 4 is 23.2 Å². The first kappa shape index (κ1) is 13.4. The Bertz CT molecular complexity index is 511. The maximum Gasteiger partial charge on any atom is 0.265 e. The average Bonchev–Trinajstić information content (AvgIpc) is 2.30. The fraction of sp³-hybridized carbons (Fsp3) is 0.429. The van der Waals surface area contributed by atoms with Gasteiger partial charge in [0.15, 0.2) is 6.10 Å². The van der Waals surface area contributed by atoms with Gasteiger partial charge in [-0.1, -0.05) is 13.8 Å². The van der Waals surface area contributed by atoms with Crippen LogP contribution in [0.1, 0.15) is 27.2 Å². The molecule has 0 radical (unpaired) electrons. The first-order chi connectivity index (χ1) is 8.95. The Labute approximate surface area is 112 Å². The number of hydrogen-bond acceptors (Lipinski definition) is 3. The Morgan fingerprint density at radius 2 is 2.21 bits per heavy atom. The van der Waals surface area contributed by atoms with Crippen LogP contribution in [0.15, 0.2) is 18.2 Å². The van der Waals surface area contributed by atoms with Gasteiger partial charge < -0.3 is 15.4 Å². The van der Waals surface area contributed by atoms with Crippen LogP contribution in [0.4, 0.5) is 11.4 Å². The molecule has 1 atom stereocenters. The van der Waals surface area contributed by atoms with E-state index in [9.17, 15) is 9.59 Å². The molecule has 1 aliphatic rings. The van der Waals surface area contributed by atoms with Crippen LogP contribution in [0.3, 0.4) is 0 Å². The predicted molar refractivity (Wildman–Crippen MR) is 73.2 cm³/mol. The number of rotatable bonds is 3. The standard InChI is InChI=1S/C14H18N2O3/c1-8(2)6-13(17)15-10-4-5-12-11(7-10)16-14(18)9(3)19-12/h4-5,7-9H,6H2,1-3H3,(H,15,17)(H,16,18)/t9-/m0/s1. The highest BCUT2D eigenvalue weighted by Crippen LogP contribution is 2.32. The van der Waals surface area contributed by atoms with E-state index in [0.29, 0.717) is 29.5 Å². The van der Waals surface area contributed by atoms with Gasteiger partial charge in [-0.15, -0.1) is 0 Å². The molecule has 1 aromatic carbocycles. The van der Waals surface area contributed by atoms with E-state index >= 15 is 0 Å². The average molecular weight is 262 g/mol. The number of hydrogen-bond donors (Lipinski definition) is 2. The van der Waals surface area contributed by atoms with Gasteiger partial charge in [-0.05, 0) is 31.0 Å². The molecule has 2 rings (SSSR count). The predicted octanol–water partition coefficient (Wildman–Crippen LogP) is 2.39. The molecule has 0 spiro atoms. The van der Waals surface area contributed by atoms with E-state index < -0.39 is 6.10 Å². The first-order valence-corrected chi connectivity index (χ1v) is 6.37. The van der Waals surface area contributed by atoms with Gasteiger partial charge in [0, 0.05) is 12.1 Å². The van der Waals surface area contributed by atoms with Gasteiger partial charge in [0.1, 0.15) is 5.75 Å². The lowest BCUT2D eigenvalue weighted by atomic mass is 10.1. The summed E-state index contributed by atoms with van der Waals surface area (Å²) in [6, 6.07) is 5.22. The number of nitrogens with one attached hydrogen (secondary N) is 2. The zero-order valence-corrected chi connectivity index (χ0v) is 11.3. The molecule has 1 aromatic rings. The van der Waals surface area contributed by atoms with Crippen molar-refractivity contribution in [3.8, 4) is 5.75 Å². The third-order valence-corrected chi connectivity index (χ3v) is 2.79. The summed E-state index contributed by atoms with van der Waals surface area (Å²) >= 11 is 0. The van der Waals surface area contributed by atoms with Crippen LogP contribution in [0, 0.1) is 5.92 Å². The molecule has 0 saturated carbocycles. The minimum Gasteiger partial charge on any atom is -0.479 e. The van der Waals surface area contributed by atoms with E-state index in [4.69, 9.17) is 4.74 Å². The maximum atomic E-state index is 11.7. The van der Waals surface area contributed by atoms with Crippen LogP contribution in [0.25, 0.3) is 0 Å². The quantitative estimate of drug-likeness (QED) is 0.879. The Balaban J connectivity index is 2.11. The number of ether oxygens (including phenoxy) is 1. The highest BCUT2D eigenvalue weighted by atomic mass is 16.5. The van der Waals surface area contributed by atoms with Gasteiger partial charge in [-0.3, -0.25) is 9.59 Å². The molecule has 102 valence electrons. The van der Waals surface area contributed by atoms with Gasteiger partial charge in [0.05, 0.1) is 5.69 Å². The highest BCUT2D eigenvalue weighted by molar-refractivity contribution is 5.99. The number of fused-ring (bicyclic) bond motifs is 1. The monoisotopic (exact) mass is 262 g/mol. The second-order valence-electron chi connectivity index (χ2n) is 5.11. The molecule has 2 N–H and O–H groups in total. The molecule has 2 amide bonds. The van der Waals surface area contributed by atoms with Crippen molar-refractivity contribution in [2.75, 3.05) is 10.6 Å². The lowest BCUT2D eigenvalue weighted by Crippen LogP contribution is -2.34. The van der Waals surface area contributed by atoms with E-state index in [-0.39, 0.29) is 11.8 Å². The van der Waals surface area contributed by atoms with Crippen LogP contribution in [-0.2, 0) is 9.59 Å². The van der Waals surface area contributed by atoms with Crippen LogP contribution in [-0.4, -0.2) is 17.9 Å². The van der Waals surface area contributed by atoms with Crippen molar-refractivity contribution in [2.45, 2.75) is 33.3 Å². The molecule has 0 aliphatic carbocycles. The number of anilines is 2. The van der Waals surface area contributed by atoms with Gasteiger partial charge in [-0.2, -0.15) is 0 Å². The molecule has 19 heavy (non-hydrogen) atoms. The topological polar surface area (TPSA) is 67.4 Å². The molecular weight excluding hydrogens is 244 g/mol. The molecule has 0 bridgehead atoms. The van der Waals surface area contributed by atoms with Crippen molar-refractivity contribution < 1.29 is 14.3 Å². The second-order valence-corrected chi connectivity index (χ2v) is 5.11. The summed E-state index contributed by atoms with van der Waals surface area (Å²) in [6.45, 7) is 5.67. The molecule has 1 aliphatic heterocycles. The van der Waals surface area contributed by atoms with Crippen molar-refractivity contribution in [2.24, 2.45) is 5.92 Å². The molecule has 1 heterocycles. The van der Waals surface area contributed by atoms with Crippen molar-refractivity contribution in [1.82, 2.24) is 0 Å². The summed E-state index contributed by atoms with van der Waals surface area (Å²) in [5.74, 6) is 0.708. The summed E-state index contributed by atoms with van der Waals surface area (Å²) < 4.78 is 5.44. The Morgan fingerprint density at radius 3 is 2.89 bits per heavy atom. The molecule has 0 aromatic heterocycles. The Hall–Kier alpha value is -2.04. The van der Waals surface area contributed by atoms with Gasteiger partial charge >= 0.3 is 0 Å².